The summed E-state index contributed by atoms with van der Waals surface area (Å²) in [6, 6.07) is 4.13. The number of hydrogen-bond donors (Lipinski definition) is 1. The Labute approximate surface area is 121 Å². The average Bonchev–Trinajstić information content (AvgIpc) is 2.39. The first-order valence-electron chi connectivity index (χ1n) is 6.90. The summed E-state index contributed by atoms with van der Waals surface area (Å²) >= 11 is 2.03. The quantitative estimate of drug-likeness (QED) is 0.919. The zero-order valence-corrected chi connectivity index (χ0v) is 13.0. The molecule has 1 aromatic rings. The van der Waals surface area contributed by atoms with Gasteiger partial charge in [0.1, 0.15) is 0 Å². The van der Waals surface area contributed by atoms with Crippen molar-refractivity contribution in [3.05, 3.63) is 30.1 Å². The molecule has 2 N–H and O–H groups in total. The zero-order valence-electron chi connectivity index (χ0n) is 12.2. The molecule has 1 saturated heterocycles. The van der Waals surface area contributed by atoms with Crippen molar-refractivity contribution in [3.8, 4) is 0 Å². The standard InChI is InChI=1S/C15H25N3S/c1-14(2)6-8-19-12-15(14,11-16)18(3)10-13-5-4-7-17-9-13/h4-5,7,9H,6,8,10-12,16H2,1-3H3. The molecule has 0 saturated carbocycles. The van der Waals surface area contributed by atoms with E-state index < -0.39 is 0 Å². The van der Waals surface area contributed by atoms with Gasteiger partial charge in [-0.2, -0.15) is 11.8 Å². The molecule has 3 nitrogen and oxygen atoms in total. The molecule has 0 amide bonds. The van der Waals surface area contributed by atoms with E-state index in [1.165, 1.54) is 17.7 Å². The van der Waals surface area contributed by atoms with Crippen LogP contribution in [0.25, 0.3) is 0 Å². The molecule has 0 aliphatic carbocycles. The number of thioether (sulfide) groups is 1. The molecule has 0 bridgehead atoms. The molecule has 2 heterocycles. The van der Waals surface area contributed by atoms with Gasteiger partial charge >= 0.3 is 0 Å². The van der Waals surface area contributed by atoms with Crippen molar-refractivity contribution in [1.82, 2.24) is 9.88 Å². The number of likely N-dealkylation sites (N-methyl/N-ethyl adjacent to an activating group) is 1. The van der Waals surface area contributed by atoms with E-state index in [0.29, 0.717) is 6.54 Å². The van der Waals surface area contributed by atoms with Crippen LogP contribution in [0.15, 0.2) is 24.5 Å². The molecule has 1 unspecified atom stereocenters. The van der Waals surface area contributed by atoms with E-state index in [1.54, 1.807) is 0 Å². The molecular weight excluding hydrogens is 254 g/mol. The van der Waals surface area contributed by atoms with Crippen LogP contribution in [0.1, 0.15) is 25.8 Å². The largest absolute Gasteiger partial charge is 0.329 e. The first-order chi connectivity index (χ1) is 9.02. The van der Waals surface area contributed by atoms with E-state index in [4.69, 9.17) is 5.73 Å². The summed E-state index contributed by atoms with van der Waals surface area (Å²) in [7, 11) is 2.20. The Hall–Kier alpha value is -0.580. The highest BCUT2D eigenvalue weighted by molar-refractivity contribution is 7.99. The Morgan fingerprint density at radius 3 is 2.84 bits per heavy atom. The molecule has 1 aliphatic rings. The Bertz CT molecular complexity index is 407. The third-order valence-corrected chi connectivity index (χ3v) is 5.86. The molecular formula is C15H25N3S. The highest BCUT2D eigenvalue weighted by atomic mass is 32.2. The van der Waals surface area contributed by atoms with Gasteiger partial charge in [0, 0.05) is 36.8 Å². The van der Waals surface area contributed by atoms with Gasteiger partial charge in [-0.3, -0.25) is 9.88 Å². The second-order valence-corrected chi connectivity index (χ2v) is 7.24. The molecule has 0 aromatic carbocycles. The van der Waals surface area contributed by atoms with E-state index in [-0.39, 0.29) is 11.0 Å². The lowest BCUT2D eigenvalue weighted by atomic mass is 9.69. The van der Waals surface area contributed by atoms with Gasteiger partial charge in [-0.25, -0.2) is 0 Å². The van der Waals surface area contributed by atoms with Crippen molar-refractivity contribution < 1.29 is 0 Å². The molecule has 1 atom stereocenters. The first kappa shape index (κ1) is 14.8. The van der Waals surface area contributed by atoms with Crippen LogP contribution in [0.2, 0.25) is 0 Å². The second-order valence-electron chi connectivity index (χ2n) is 6.14. The number of nitrogens with two attached hydrogens (primary N) is 1. The second kappa shape index (κ2) is 5.81. The monoisotopic (exact) mass is 279 g/mol. The van der Waals surface area contributed by atoms with Crippen LogP contribution in [0, 0.1) is 5.41 Å². The number of nitrogens with zero attached hydrogens (tertiary/aromatic N) is 2. The molecule has 0 spiro atoms. The number of aromatic nitrogens is 1. The fourth-order valence-electron chi connectivity index (χ4n) is 3.03. The minimum absolute atomic E-state index is 0.0752. The zero-order chi connectivity index (χ0) is 13.9. The van der Waals surface area contributed by atoms with Crippen LogP contribution >= 0.6 is 11.8 Å². The van der Waals surface area contributed by atoms with Crippen molar-refractivity contribution >= 4 is 11.8 Å². The molecule has 19 heavy (non-hydrogen) atoms. The van der Waals surface area contributed by atoms with Crippen LogP contribution in [-0.2, 0) is 6.54 Å². The smallest absolute Gasteiger partial charge is 0.0473 e. The van der Waals surface area contributed by atoms with Crippen LogP contribution in [0.5, 0.6) is 0 Å². The summed E-state index contributed by atoms with van der Waals surface area (Å²) in [4.78, 5) is 6.65. The molecule has 4 heteroatoms. The fraction of sp³-hybridized carbons (Fsp3) is 0.667. The lowest BCUT2D eigenvalue weighted by Crippen LogP contribution is -2.64. The first-order valence-corrected chi connectivity index (χ1v) is 8.05. The van der Waals surface area contributed by atoms with Gasteiger partial charge in [-0.15, -0.1) is 0 Å². The van der Waals surface area contributed by atoms with Crippen molar-refractivity contribution in [2.24, 2.45) is 11.1 Å². The van der Waals surface area contributed by atoms with Crippen molar-refractivity contribution in [2.45, 2.75) is 32.4 Å². The molecule has 1 fully saturated rings. The summed E-state index contributed by atoms with van der Waals surface area (Å²) in [6.45, 7) is 6.34. The Balaban J connectivity index is 2.20. The summed E-state index contributed by atoms with van der Waals surface area (Å²) < 4.78 is 0. The van der Waals surface area contributed by atoms with Gasteiger partial charge in [0.05, 0.1) is 0 Å². The Morgan fingerprint density at radius 2 is 2.26 bits per heavy atom. The van der Waals surface area contributed by atoms with Gasteiger partial charge in [0.15, 0.2) is 0 Å². The van der Waals surface area contributed by atoms with Crippen LogP contribution in [0.4, 0.5) is 0 Å². The van der Waals surface area contributed by atoms with E-state index in [1.807, 2.05) is 30.2 Å². The van der Waals surface area contributed by atoms with Crippen molar-refractivity contribution in [3.63, 3.8) is 0 Å². The van der Waals surface area contributed by atoms with Crippen LogP contribution in [0.3, 0.4) is 0 Å². The minimum atomic E-state index is 0.0752. The molecule has 0 radical (unpaired) electrons. The molecule has 2 rings (SSSR count). The SMILES string of the molecule is CN(Cc1cccnc1)C1(CN)CSCCC1(C)C. The fourth-order valence-corrected chi connectivity index (χ4v) is 4.90. The summed E-state index contributed by atoms with van der Waals surface area (Å²) in [5.74, 6) is 2.36. The molecule has 1 aliphatic heterocycles. The summed E-state index contributed by atoms with van der Waals surface area (Å²) in [5, 5.41) is 0. The maximum Gasteiger partial charge on any atom is 0.0473 e. The topological polar surface area (TPSA) is 42.2 Å². The van der Waals surface area contributed by atoms with Crippen molar-refractivity contribution in [2.75, 3.05) is 25.1 Å². The molecule has 1 aromatic heterocycles. The van der Waals surface area contributed by atoms with Gasteiger partial charge in [-0.05, 0) is 36.3 Å². The predicted octanol–water partition coefficient (Wildman–Crippen LogP) is 2.37. The third-order valence-electron chi connectivity index (χ3n) is 4.68. The highest BCUT2D eigenvalue weighted by Gasteiger charge is 2.48. The van der Waals surface area contributed by atoms with E-state index in [9.17, 15) is 0 Å². The van der Waals surface area contributed by atoms with Gasteiger partial charge < -0.3 is 5.73 Å². The maximum atomic E-state index is 6.20. The van der Waals surface area contributed by atoms with E-state index in [0.717, 1.165) is 12.3 Å². The van der Waals surface area contributed by atoms with Gasteiger partial charge in [-0.1, -0.05) is 19.9 Å². The predicted molar refractivity (Wildman–Crippen MR) is 83.2 cm³/mol. The average molecular weight is 279 g/mol. The van der Waals surface area contributed by atoms with Crippen LogP contribution < -0.4 is 5.73 Å². The van der Waals surface area contributed by atoms with Crippen molar-refractivity contribution in [1.29, 1.82) is 0 Å². The lowest BCUT2D eigenvalue weighted by Gasteiger charge is -2.54. The maximum absolute atomic E-state index is 6.20. The molecule has 106 valence electrons. The Kier molecular flexibility index (Phi) is 4.54. The Morgan fingerprint density at radius 1 is 1.47 bits per heavy atom. The number of rotatable bonds is 4. The van der Waals surface area contributed by atoms with Crippen LogP contribution in [-0.4, -0.2) is 40.5 Å². The van der Waals surface area contributed by atoms with E-state index in [2.05, 4.69) is 36.8 Å². The van der Waals surface area contributed by atoms with Gasteiger partial charge in [0.25, 0.3) is 0 Å². The number of pyridine rings is 1. The van der Waals surface area contributed by atoms with E-state index >= 15 is 0 Å². The summed E-state index contributed by atoms with van der Waals surface area (Å²) in [6.07, 6.45) is 5.00. The minimum Gasteiger partial charge on any atom is -0.329 e. The normalized spacial score (nSPS) is 26.6. The highest BCUT2D eigenvalue weighted by Crippen LogP contribution is 2.45. The third kappa shape index (κ3) is 2.81. The van der Waals surface area contributed by atoms with Gasteiger partial charge in [0.2, 0.25) is 0 Å². The summed E-state index contributed by atoms with van der Waals surface area (Å²) in [5.41, 5.74) is 7.78. The number of hydrogen-bond acceptors (Lipinski definition) is 4. The lowest BCUT2D eigenvalue weighted by molar-refractivity contribution is 0.0147.